The van der Waals surface area contributed by atoms with Crippen LogP contribution in [0, 0.1) is 22.7 Å². The Kier molecular flexibility index (Phi) is 2.68. The molecule has 0 aromatic heterocycles. The predicted octanol–water partition coefficient (Wildman–Crippen LogP) is 1.94. The maximum atomic E-state index is 11.8. The topological polar surface area (TPSA) is 44.1 Å². The highest BCUT2D eigenvalue weighted by atomic mass is 16.2. The van der Waals surface area contributed by atoms with Crippen LogP contribution in [-0.2, 0) is 4.79 Å². The molecule has 1 aliphatic carbocycles. The Labute approximate surface area is 91.1 Å². The van der Waals surface area contributed by atoms with Gasteiger partial charge in [0.25, 0.3) is 0 Å². The van der Waals surface area contributed by atoms with E-state index in [1.807, 2.05) is 11.8 Å². The van der Waals surface area contributed by atoms with E-state index >= 15 is 0 Å². The van der Waals surface area contributed by atoms with Crippen LogP contribution in [0.25, 0.3) is 0 Å². The standard InChI is InChI=1S/C12H18N2O/c1-12(9-13)4-6-14(7-5-12)11(15)8-10-2-3-10/h10H,2-8H2,1H3. The maximum Gasteiger partial charge on any atom is 0.222 e. The fourth-order valence-electron chi connectivity index (χ4n) is 2.06. The second-order valence-electron chi connectivity index (χ2n) is 5.20. The lowest BCUT2D eigenvalue weighted by Crippen LogP contribution is -2.41. The van der Waals surface area contributed by atoms with E-state index in [4.69, 9.17) is 5.26 Å². The van der Waals surface area contributed by atoms with Crippen LogP contribution in [-0.4, -0.2) is 23.9 Å². The predicted molar refractivity (Wildman–Crippen MR) is 56.9 cm³/mol. The minimum Gasteiger partial charge on any atom is -0.343 e. The Balaban J connectivity index is 1.82. The van der Waals surface area contributed by atoms with E-state index in [2.05, 4.69) is 6.07 Å². The van der Waals surface area contributed by atoms with Gasteiger partial charge in [-0.05, 0) is 38.5 Å². The number of carbonyl (C=O) groups excluding carboxylic acids is 1. The molecular weight excluding hydrogens is 188 g/mol. The third-order valence-electron chi connectivity index (χ3n) is 3.65. The van der Waals surface area contributed by atoms with E-state index in [-0.39, 0.29) is 5.41 Å². The smallest absolute Gasteiger partial charge is 0.222 e. The number of hydrogen-bond acceptors (Lipinski definition) is 2. The first-order valence-corrected chi connectivity index (χ1v) is 5.82. The van der Waals surface area contributed by atoms with Crippen LogP contribution in [0.5, 0.6) is 0 Å². The number of nitriles is 1. The summed E-state index contributed by atoms with van der Waals surface area (Å²) in [5.74, 6) is 0.972. The van der Waals surface area contributed by atoms with Gasteiger partial charge in [-0.25, -0.2) is 0 Å². The fourth-order valence-corrected chi connectivity index (χ4v) is 2.06. The van der Waals surface area contributed by atoms with Gasteiger partial charge in [0.05, 0.1) is 11.5 Å². The molecule has 3 heteroatoms. The second-order valence-corrected chi connectivity index (χ2v) is 5.20. The van der Waals surface area contributed by atoms with Gasteiger partial charge < -0.3 is 4.90 Å². The number of piperidine rings is 1. The molecule has 2 aliphatic rings. The highest BCUT2D eigenvalue weighted by Crippen LogP contribution is 2.34. The minimum atomic E-state index is -0.198. The van der Waals surface area contributed by atoms with Crippen molar-refractivity contribution in [3.63, 3.8) is 0 Å². The molecule has 0 bridgehead atoms. The van der Waals surface area contributed by atoms with Crippen molar-refractivity contribution < 1.29 is 4.79 Å². The van der Waals surface area contributed by atoms with E-state index in [0.717, 1.165) is 32.4 Å². The molecule has 15 heavy (non-hydrogen) atoms. The lowest BCUT2D eigenvalue weighted by molar-refractivity contribution is -0.133. The van der Waals surface area contributed by atoms with Gasteiger partial charge in [0, 0.05) is 19.5 Å². The summed E-state index contributed by atoms with van der Waals surface area (Å²) in [5.41, 5.74) is -0.198. The molecule has 1 saturated heterocycles. The zero-order valence-electron chi connectivity index (χ0n) is 9.33. The van der Waals surface area contributed by atoms with Crippen molar-refractivity contribution in [1.82, 2.24) is 4.90 Å². The van der Waals surface area contributed by atoms with Crippen LogP contribution < -0.4 is 0 Å². The summed E-state index contributed by atoms with van der Waals surface area (Å²) >= 11 is 0. The van der Waals surface area contributed by atoms with Gasteiger partial charge in [-0.15, -0.1) is 0 Å². The Morgan fingerprint density at radius 2 is 2.07 bits per heavy atom. The number of rotatable bonds is 2. The average Bonchev–Trinajstić information content (AvgIpc) is 3.03. The molecule has 82 valence electrons. The van der Waals surface area contributed by atoms with Crippen molar-refractivity contribution in [3.8, 4) is 6.07 Å². The normalized spacial score (nSPS) is 24.7. The van der Waals surface area contributed by atoms with Crippen molar-refractivity contribution in [3.05, 3.63) is 0 Å². The summed E-state index contributed by atoms with van der Waals surface area (Å²) in [6.45, 7) is 3.54. The van der Waals surface area contributed by atoms with Gasteiger partial charge >= 0.3 is 0 Å². The monoisotopic (exact) mass is 206 g/mol. The van der Waals surface area contributed by atoms with E-state index in [1.165, 1.54) is 12.8 Å². The summed E-state index contributed by atoms with van der Waals surface area (Å²) < 4.78 is 0. The number of likely N-dealkylation sites (tertiary alicyclic amines) is 1. The van der Waals surface area contributed by atoms with Gasteiger partial charge in [0.2, 0.25) is 5.91 Å². The number of amides is 1. The van der Waals surface area contributed by atoms with Crippen LogP contribution in [0.1, 0.15) is 39.0 Å². The van der Waals surface area contributed by atoms with Crippen LogP contribution in [0.15, 0.2) is 0 Å². The van der Waals surface area contributed by atoms with Gasteiger partial charge in [0.15, 0.2) is 0 Å². The van der Waals surface area contributed by atoms with Gasteiger partial charge in [0.1, 0.15) is 0 Å². The van der Waals surface area contributed by atoms with Crippen molar-refractivity contribution in [1.29, 1.82) is 5.26 Å². The third kappa shape index (κ3) is 2.50. The summed E-state index contributed by atoms with van der Waals surface area (Å²) in [7, 11) is 0. The fraction of sp³-hybridized carbons (Fsp3) is 0.833. The number of nitrogens with zero attached hydrogens (tertiary/aromatic N) is 2. The van der Waals surface area contributed by atoms with Gasteiger partial charge in [-0.2, -0.15) is 5.26 Å². The quantitative estimate of drug-likeness (QED) is 0.693. The average molecular weight is 206 g/mol. The molecule has 1 heterocycles. The zero-order chi connectivity index (χ0) is 10.9. The molecule has 1 amide bonds. The van der Waals surface area contributed by atoms with Crippen molar-refractivity contribution in [2.45, 2.75) is 39.0 Å². The SMILES string of the molecule is CC1(C#N)CCN(C(=O)CC2CC2)CC1. The molecule has 0 aromatic rings. The molecule has 0 aromatic carbocycles. The van der Waals surface area contributed by atoms with Crippen LogP contribution in [0.2, 0.25) is 0 Å². The first kappa shape index (κ1) is 10.5. The summed E-state index contributed by atoms with van der Waals surface area (Å²) in [4.78, 5) is 13.7. The van der Waals surface area contributed by atoms with Crippen molar-refractivity contribution >= 4 is 5.91 Å². The van der Waals surface area contributed by atoms with Gasteiger partial charge in [-0.3, -0.25) is 4.79 Å². The van der Waals surface area contributed by atoms with Crippen molar-refractivity contribution in [2.24, 2.45) is 11.3 Å². The van der Waals surface area contributed by atoms with E-state index in [0.29, 0.717) is 11.8 Å². The molecule has 0 spiro atoms. The Morgan fingerprint density at radius 3 is 2.53 bits per heavy atom. The van der Waals surface area contributed by atoms with Crippen LogP contribution in [0.4, 0.5) is 0 Å². The highest BCUT2D eigenvalue weighted by molar-refractivity contribution is 5.76. The first-order chi connectivity index (χ1) is 7.13. The molecule has 3 nitrogen and oxygen atoms in total. The van der Waals surface area contributed by atoms with E-state index in [9.17, 15) is 4.79 Å². The Hall–Kier alpha value is -1.04. The third-order valence-corrected chi connectivity index (χ3v) is 3.65. The molecule has 1 aliphatic heterocycles. The number of carbonyl (C=O) groups is 1. The zero-order valence-corrected chi connectivity index (χ0v) is 9.33. The van der Waals surface area contributed by atoms with E-state index < -0.39 is 0 Å². The van der Waals surface area contributed by atoms with Gasteiger partial charge in [-0.1, -0.05) is 0 Å². The second kappa shape index (κ2) is 3.84. The van der Waals surface area contributed by atoms with Crippen LogP contribution in [0.3, 0.4) is 0 Å². The lowest BCUT2D eigenvalue weighted by Gasteiger charge is -2.35. The Morgan fingerprint density at radius 1 is 1.47 bits per heavy atom. The molecule has 0 radical (unpaired) electrons. The lowest BCUT2D eigenvalue weighted by atomic mass is 9.82. The summed E-state index contributed by atoms with van der Waals surface area (Å²) in [6, 6.07) is 2.35. The minimum absolute atomic E-state index is 0.198. The summed E-state index contributed by atoms with van der Waals surface area (Å²) in [5, 5.41) is 8.98. The van der Waals surface area contributed by atoms with Crippen molar-refractivity contribution in [2.75, 3.05) is 13.1 Å². The summed E-state index contributed by atoms with van der Waals surface area (Å²) in [6.07, 6.45) is 4.87. The Bertz CT molecular complexity index is 293. The maximum absolute atomic E-state index is 11.8. The molecule has 0 unspecified atom stereocenters. The molecular formula is C12H18N2O. The molecule has 2 rings (SSSR count). The largest absolute Gasteiger partial charge is 0.343 e. The van der Waals surface area contributed by atoms with Crippen LogP contribution >= 0.6 is 0 Å². The van der Waals surface area contributed by atoms with E-state index in [1.54, 1.807) is 0 Å². The molecule has 2 fully saturated rings. The number of hydrogen-bond donors (Lipinski definition) is 0. The highest BCUT2D eigenvalue weighted by Gasteiger charge is 2.33. The first-order valence-electron chi connectivity index (χ1n) is 5.82. The molecule has 0 atom stereocenters. The molecule has 0 N–H and O–H groups in total. The molecule has 1 saturated carbocycles.